The van der Waals surface area contributed by atoms with Crippen molar-refractivity contribution in [1.29, 1.82) is 0 Å². The third-order valence-electron chi connectivity index (χ3n) is 3.24. The molecule has 2 rings (SSSR count). The number of ether oxygens (including phenoxy) is 1. The summed E-state index contributed by atoms with van der Waals surface area (Å²) in [6.07, 6.45) is 0. The summed E-state index contributed by atoms with van der Waals surface area (Å²) in [5.74, 6) is 0.447. The van der Waals surface area contributed by atoms with Gasteiger partial charge in [-0.05, 0) is 43.4 Å². The van der Waals surface area contributed by atoms with Gasteiger partial charge >= 0.3 is 10.1 Å². The maximum atomic E-state index is 12.8. The van der Waals surface area contributed by atoms with Gasteiger partial charge in [-0.25, -0.2) is 4.39 Å². The van der Waals surface area contributed by atoms with Crippen LogP contribution in [-0.4, -0.2) is 45.8 Å². The van der Waals surface area contributed by atoms with Crippen LogP contribution in [0, 0.1) is 5.82 Å². The van der Waals surface area contributed by atoms with Gasteiger partial charge in [0, 0.05) is 13.1 Å². The van der Waals surface area contributed by atoms with Gasteiger partial charge in [-0.1, -0.05) is 18.2 Å². The minimum absolute atomic E-state index is 0.116. The highest BCUT2D eigenvalue weighted by atomic mass is 32.2. The van der Waals surface area contributed by atoms with Gasteiger partial charge in [0.05, 0.1) is 5.75 Å². The summed E-state index contributed by atoms with van der Waals surface area (Å²) in [5.41, 5.74) is 0. The Morgan fingerprint density at radius 1 is 0.958 bits per heavy atom. The third kappa shape index (κ3) is 6.55. The molecule has 0 aliphatic rings. The zero-order valence-corrected chi connectivity index (χ0v) is 14.2. The highest BCUT2D eigenvalue weighted by Gasteiger charge is 2.14. The van der Waals surface area contributed by atoms with Gasteiger partial charge in [-0.2, -0.15) is 8.42 Å². The Bertz CT molecular complexity index is 720. The lowest BCUT2D eigenvalue weighted by Gasteiger charge is -2.17. The van der Waals surface area contributed by atoms with Crippen molar-refractivity contribution in [3.05, 3.63) is 60.4 Å². The zero-order chi connectivity index (χ0) is 17.4. The first-order valence-electron chi connectivity index (χ1n) is 7.49. The van der Waals surface area contributed by atoms with E-state index >= 15 is 0 Å². The third-order valence-corrected chi connectivity index (χ3v) is 4.37. The molecule has 0 N–H and O–H groups in total. The number of rotatable bonds is 9. The lowest BCUT2D eigenvalue weighted by molar-refractivity contribution is 0.243. The van der Waals surface area contributed by atoms with Crippen LogP contribution in [0.25, 0.3) is 0 Å². The van der Waals surface area contributed by atoms with E-state index in [1.807, 2.05) is 4.90 Å². The Morgan fingerprint density at radius 3 is 2.29 bits per heavy atom. The molecule has 0 heterocycles. The van der Waals surface area contributed by atoms with Crippen LogP contribution in [0.5, 0.6) is 11.5 Å². The van der Waals surface area contributed by atoms with Gasteiger partial charge in [-0.3, -0.25) is 0 Å². The van der Waals surface area contributed by atoms with Crippen LogP contribution in [0.4, 0.5) is 4.39 Å². The smallest absolute Gasteiger partial charge is 0.310 e. The van der Waals surface area contributed by atoms with Crippen molar-refractivity contribution in [3.63, 3.8) is 0 Å². The predicted molar refractivity (Wildman–Crippen MR) is 90.2 cm³/mol. The molecule has 0 radical (unpaired) electrons. The van der Waals surface area contributed by atoms with E-state index in [0.717, 1.165) is 0 Å². The molecule has 24 heavy (non-hydrogen) atoms. The van der Waals surface area contributed by atoms with Crippen LogP contribution in [0.15, 0.2) is 54.6 Å². The molecule has 0 saturated carbocycles. The first-order chi connectivity index (χ1) is 11.4. The first-order valence-corrected chi connectivity index (χ1v) is 9.06. The van der Waals surface area contributed by atoms with Crippen LogP contribution in [0.3, 0.4) is 0 Å². The topological polar surface area (TPSA) is 55.8 Å². The normalized spacial score (nSPS) is 11.5. The Kier molecular flexibility index (Phi) is 6.57. The van der Waals surface area contributed by atoms with E-state index in [4.69, 9.17) is 8.92 Å². The van der Waals surface area contributed by atoms with Crippen molar-refractivity contribution >= 4 is 10.1 Å². The second-order valence-corrected chi connectivity index (χ2v) is 6.95. The molecule has 0 aliphatic carbocycles. The fourth-order valence-corrected chi connectivity index (χ4v) is 2.92. The molecule has 5 nitrogen and oxygen atoms in total. The van der Waals surface area contributed by atoms with Crippen molar-refractivity contribution < 1.29 is 21.7 Å². The van der Waals surface area contributed by atoms with Crippen molar-refractivity contribution in [3.8, 4) is 11.5 Å². The lowest BCUT2D eigenvalue weighted by atomic mass is 10.3. The summed E-state index contributed by atoms with van der Waals surface area (Å²) in [5, 5.41) is 0. The predicted octanol–water partition coefficient (Wildman–Crippen LogP) is 2.55. The van der Waals surface area contributed by atoms with Gasteiger partial charge in [0.15, 0.2) is 0 Å². The van der Waals surface area contributed by atoms with E-state index in [0.29, 0.717) is 31.2 Å². The number of para-hydroxylation sites is 1. The maximum Gasteiger partial charge on any atom is 0.310 e. The Morgan fingerprint density at radius 2 is 1.62 bits per heavy atom. The molecule has 0 aliphatic heterocycles. The molecule has 130 valence electrons. The van der Waals surface area contributed by atoms with Crippen molar-refractivity contribution in [1.82, 2.24) is 4.90 Å². The summed E-state index contributed by atoms with van der Waals surface area (Å²) < 4.78 is 47.1. The van der Waals surface area contributed by atoms with Crippen LogP contribution >= 0.6 is 0 Å². The van der Waals surface area contributed by atoms with Gasteiger partial charge in [0.2, 0.25) is 0 Å². The number of benzene rings is 2. The molecule has 0 spiro atoms. The van der Waals surface area contributed by atoms with Gasteiger partial charge in [0.1, 0.15) is 23.9 Å². The van der Waals surface area contributed by atoms with Crippen LogP contribution in [0.1, 0.15) is 0 Å². The summed E-state index contributed by atoms with van der Waals surface area (Å²) in [7, 11) is -1.84. The van der Waals surface area contributed by atoms with E-state index in [2.05, 4.69) is 0 Å². The molecule has 0 saturated heterocycles. The first kappa shape index (κ1) is 18.2. The van der Waals surface area contributed by atoms with E-state index in [-0.39, 0.29) is 11.6 Å². The van der Waals surface area contributed by atoms with Crippen LogP contribution in [0.2, 0.25) is 0 Å². The molecule has 7 heteroatoms. The van der Waals surface area contributed by atoms with Gasteiger partial charge in [-0.15, -0.1) is 0 Å². The molecule has 2 aromatic rings. The van der Waals surface area contributed by atoms with Crippen LogP contribution in [-0.2, 0) is 10.1 Å². The number of hydrogen-bond donors (Lipinski definition) is 0. The molecule has 0 bridgehead atoms. The Balaban J connectivity index is 1.70. The van der Waals surface area contributed by atoms with E-state index in [1.54, 1.807) is 49.5 Å². The SMILES string of the molecule is CN(CCOc1ccc(F)cc1)CCS(=O)(=O)Oc1ccccc1. The summed E-state index contributed by atoms with van der Waals surface area (Å²) in [6.45, 7) is 1.24. The average molecular weight is 353 g/mol. The Labute approximate surface area is 141 Å². The van der Waals surface area contributed by atoms with E-state index in [9.17, 15) is 12.8 Å². The zero-order valence-electron chi connectivity index (χ0n) is 13.4. The second kappa shape index (κ2) is 8.65. The molecule has 0 aromatic heterocycles. The monoisotopic (exact) mass is 353 g/mol. The molecule has 0 atom stereocenters. The molecule has 0 amide bonds. The summed E-state index contributed by atoms with van der Waals surface area (Å²) >= 11 is 0. The quantitative estimate of drug-likeness (QED) is 0.649. The maximum absolute atomic E-state index is 12.8. The molecule has 0 unspecified atom stereocenters. The minimum atomic E-state index is -3.64. The highest BCUT2D eigenvalue weighted by molar-refractivity contribution is 7.87. The number of hydrogen-bond acceptors (Lipinski definition) is 5. The van der Waals surface area contributed by atoms with Crippen molar-refractivity contribution in [2.45, 2.75) is 0 Å². The van der Waals surface area contributed by atoms with E-state index < -0.39 is 10.1 Å². The second-order valence-electron chi connectivity index (χ2n) is 5.26. The lowest BCUT2D eigenvalue weighted by Crippen LogP contribution is -2.30. The Hall–Kier alpha value is -2.12. The largest absolute Gasteiger partial charge is 0.492 e. The highest BCUT2D eigenvalue weighted by Crippen LogP contribution is 2.12. The standard InChI is InChI=1S/C17H20FNO4S/c1-19(11-13-22-16-9-7-15(18)8-10-16)12-14-24(20,21)23-17-5-3-2-4-6-17/h2-10H,11-14H2,1H3. The van der Waals surface area contributed by atoms with Crippen LogP contribution < -0.4 is 8.92 Å². The van der Waals surface area contributed by atoms with Gasteiger partial charge in [0.25, 0.3) is 0 Å². The molecular weight excluding hydrogens is 333 g/mol. The average Bonchev–Trinajstić information content (AvgIpc) is 2.55. The number of nitrogens with zero attached hydrogens (tertiary/aromatic N) is 1. The fraction of sp³-hybridized carbons (Fsp3) is 0.294. The molecular formula is C17H20FNO4S. The molecule has 0 fully saturated rings. The number of halogens is 1. The molecule has 2 aromatic carbocycles. The van der Waals surface area contributed by atoms with Gasteiger partial charge < -0.3 is 13.8 Å². The fourth-order valence-electron chi connectivity index (χ4n) is 1.89. The summed E-state index contributed by atoms with van der Waals surface area (Å²) in [6, 6.07) is 14.2. The van der Waals surface area contributed by atoms with Crippen molar-refractivity contribution in [2.24, 2.45) is 0 Å². The number of likely N-dealkylation sites (N-methyl/N-ethyl adjacent to an activating group) is 1. The summed E-state index contributed by atoms with van der Waals surface area (Å²) in [4.78, 5) is 1.83. The minimum Gasteiger partial charge on any atom is -0.492 e. The van der Waals surface area contributed by atoms with E-state index in [1.165, 1.54) is 12.1 Å². The van der Waals surface area contributed by atoms with Crippen molar-refractivity contribution in [2.75, 3.05) is 32.5 Å².